The van der Waals surface area contributed by atoms with Crippen LogP contribution in [-0.2, 0) is 49.6 Å². The van der Waals surface area contributed by atoms with Crippen molar-refractivity contribution in [3.63, 3.8) is 0 Å². The third-order valence-corrected chi connectivity index (χ3v) is 6.59. The highest BCUT2D eigenvalue weighted by Gasteiger charge is 2.34. The minimum Gasteiger partial charge on any atom is -0.480 e. The standard InChI is InChI=1S/C27H36N10O10/c28-13(6-19(29)38)23(42)34-16(7-20(30)39)25(44)35-15(5-11-10-33-14-4-2-1-3-12(11)14)24(43)36-17(8-21(31)40)26(45)37-18(27(46)47)9-22(32)41/h1-4,10,13,15-18,33H,5-9,28H2,(H2,29,38)(H2,30,39)(H2,31,40)(H2,32,41)(H,34,42)(H,35,44)(H,36,43)(H,37,45)(H,46,47). The molecular formula is C27H36N10O10. The lowest BCUT2D eigenvalue weighted by Gasteiger charge is -2.26. The van der Waals surface area contributed by atoms with Gasteiger partial charge < -0.3 is 60.0 Å². The molecule has 47 heavy (non-hydrogen) atoms. The summed E-state index contributed by atoms with van der Waals surface area (Å²) in [6.45, 7) is 0. The zero-order valence-electron chi connectivity index (χ0n) is 24.8. The van der Waals surface area contributed by atoms with E-state index in [-0.39, 0.29) is 6.42 Å². The number of carboxylic acids is 1. The molecular weight excluding hydrogens is 624 g/mol. The van der Waals surface area contributed by atoms with Crippen molar-refractivity contribution in [2.45, 2.75) is 62.3 Å². The van der Waals surface area contributed by atoms with Gasteiger partial charge in [0, 0.05) is 23.5 Å². The number of nitrogens with two attached hydrogens (primary N) is 5. The van der Waals surface area contributed by atoms with Crippen molar-refractivity contribution in [1.82, 2.24) is 26.3 Å². The van der Waals surface area contributed by atoms with E-state index in [0.717, 1.165) is 0 Å². The van der Waals surface area contributed by atoms with Crippen molar-refractivity contribution in [1.29, 1.82) is 0 Å². The van der Waals surface area contributed by atoms with E-state index in [1.165, 1.54) is 6.20 Å². The predicted molar refractivity (Wildman–Crippen MR) is 161 cm³/mol. The number of carboxylic acid groups (broad SMARTS) is 1. The molecule has 1 aromatic heterocycles. The van der Waals surface area contributed by atoms with Gasteiger partial charge in [-0.25, -0.2) is 4.79 Å². The number of rotatable bonds is 19. The average Bonchev–Trinajstić information content (AvgIpc) is 3.37. The van der Waals surface area contributed by atoms with Gasteiger partial charge in [-0.15, -0.1) is 0 Å². The second kappa shape index (κ2) is 16.9. The number of carbonyl (C=O) groups is 9. The number of aliphatic carboxylic acids is 1. The van der Waals surface area contributed by atoms with Gasteiger partial charge in [0.25, 0.3) is 0 Å². The Labute approximate surface area is 265 Å². The summed E-state index contributed by atoms with van der Waals surface area (Å²) in [5.74, 6) is -10.2. The van der Waals surface area contributed by atoms with Crippen LogP contribution in [0.4, 0.5) is 0 Å². The first kappa shape index (κ1) is 37.1. The number of aromatic nitrogens is 1. The quantitative estimate of drug-likeness (QED) is 0.0675. The second-order valence-electron chi connectivity index (χ2n) is 10.4. The van der Waals surface area contributed by atoms with Crippen LogP contribution in [0, 0.1) is 0 Å². The zero-order chi connectivity index (χ0) is 35.4. The fourth-order valence-corrected chi connectivity index (χ4v) is 4.36. The first-order chi connectivity index (χ1) is 22.0. The number of nitrogens with one attached hydrogen (secondary N) is 5. The summed E-state index contributed by atoms with van der Waals surface area (Å²) in [4.78, 5) is 113. The molecule has 1 aromatic carbocycles. The van der Waals surface area contributed by atoms with Gasteiger partial charge in [0.1, 0.15) is 24.2 Å². The monoisotopic (exact) mass is 660 g/mol. The molecule has 8 amide bonds. The number of amides is 8. The molecule has 2 aromatic rings. The van der Waals surface area contributed by atoms with Crippen LogP contribution in [0.15, 0.2) is 30.5 Å². The number of hydrogen-bond acceptors (Lipinski definition) is 10. The van der Waals surface area contributed by atoms with Gasteiger partial charge in [0.2, 0.25) is 47.3 Å². The lowest BCUT2D eigenvalue weighted by Crippen LogP contribution is -2.60. The van der Waals surface area contributed by atoms with Crippen molar-refractivity contribution in [3.8, 4) is 0 Å². The Hall–Kier alpha value is -6.05. The molecule has 5 unspecified atom stereocenters. The van der Waals surface area contributed by atoms with Crippen molar-refractivity contribution in [3.05, 3.63) is 36.0 Å². The van der Waals surface area contributed by atoms with E-state index in [1.807, 2.05) is 5.32 Å². The lowest BCUT2D eigenvalue weighted by molar-refractivity contribution is -0.144. The topological polar surface area (TPSA) is 368 Å². The molecule has 20 nitrogen and oxygen atoms in total. The summed E-state index contributed by atoms with van der Waals surface area (Å²) in [7, 11) is 0. The fourth-order valence-electron chi connectivity index (χ4n) is 4.36. The Bertz CT molecular complexity index is 1560. The van der Waals surface area contributed by atoms with Gasteiger partial charge in [0.05, 0.1) is 31.7 Å². The summed E-state index contributed by atoms with van der Waals surface area (Å²) in [5.41, 5.74) is 27.3. The van der Waals surface area contributed by atoms with Crippen LogP contribution in [0.5, 0.6) is 0 Å². The summed E-state index contributed by atoms with van der Waals surface area (Å²) in [6.07, 6.45) is -1.71. The molecule has 0 radical (unpaired) electrons. The Morgan fingerprint density at radius 1 is 0.617 bits per heavy atom. The predicted octanol–water partition coefficient (Wildman–Crippen LogP) is -5.44. The fraction of sp³-hybridized carbons (Fsp3) is 0.370. The number of hydrogen-bond donors (Lipinski definition) is 11. The number of carbonyl (C=O) groups excluding carboxylic acids is 8. The van der Waals surface area contributed by atoms with Crippen molar-refractivity contribution < 1.29 is 48.3 Å². The van der Waals surface area contributed by atoms with E-state index in [9.17, 15) is 48.3 Å². The summed E-state index contributed by atoms with van der Waals surface area (Å²) >= 11 is 0. The highest BCUT2D eigenvalue weighted by Crippen LogP contribution is 2.19. The van der Waals surface area contributed by atoms with Crippen LogP contribution in [0.25, 0.3) is 10.9 Å². The van der Waals surface area contributed by atoms with Gasteiger partial charge in [-0.3, -0.25) is 38.4 Å². The minimum atomic E-state index is -1.81. The Morgan fingerprint density at radius 2 is 1.04 bits per heavy atom. The first-order valence-electron chi connectivity index (χ1n) is 13.9. The average molecular weight is 661 g/mol. The number of benzene rings is 1. The maximum absolute atomic E-state index is 13.6. The largest absolute Gasteiger partial charge is 0.480 e. The van der Waals surface area contributed by atoms with E-state index in [2.05, 4.69) is 20.9 Å². The molecule has 20 heteroatoms. The highest BCUT2D eigenvalue weighted by atomic mass is 16.4. The van der Waals surface area contributed by atoms with Gasteiger partial charge in [-0.2, -0.15) is 0 Å². The minimum absolute atomic E-state index is 0.260. The number of H-pyrrole nitrogens is 1. The summed E-state index contributed by atoms with van der Waals surface area (Å²) in [6, 6.07) is -1.45. The molecule has 5 atom stereocenters. The first-order valence-corrected chi connectivity index (χ1v) is 13.9. The number of aromatic amines is 1. The van der Waals surface area contributed by atoms with E-state index in [1.54, 1.807) is 24.3 Å². The number of para-hydroxylation sites is 1. The van der Waals surface area contributed by atoms with Gasteiger partial charge >= 0.3 is 5.97 Å². The van der Waals surface area contributed by atoms with Gasteiger partial charge in [-0.05, 0) is 11.6 Å². The Balaban J connectivity index is 2.42. The summed E-state index contributed by atoms with van der Waals surface area (Å²) < 4.78 is 0. The molecule has 254 valence electrons. The van der Waals surface area contributed by atoms with Gasteiger partial charge in [-0.1, -0.05) is 18.2 Å². The summed E-state index contributed by atoms with van der Waals surface area (Å²) in [5, 5.41) is 18.8. The molecule has 0 bridgehead atoms. The molecule has 0 aliphatic carbocycles. The van der Waals surface area contributed by atoms with Crippen molar-refractivity contribution in [2.24, 2.45) is 28.7 Å². The SMILES string of the molecule is NC(=O)CC(N)C(=O)NC(CC(N)=O)C(=O)NC(Cc1c[nH]c2ccccc12)C(=O)NC(CC(N)=O)C(=O)NC(CC(N)=O)C(=O)O. The Morgan fingerprint density at radius 3 is 1.55 bits per heavy atom. The molecule has 0 saturated carbocycles. The molecule has 0 fully saturated rings. The molecule has 0 saturated heterocycles. The van der Waals surface area contributed by atoms with Crippen LogP contribution >= 0.6 is 0 Å². The van der Waals surface area contributed by atoms with E-state index in [4.69, 9.17) is 28.7 Å². The van der Waals surface area contributed by atoms with E-state index < -0.39 is 109 Å². The number of fused-ring (bicyclic) bond motifs is 1. The van der Waals surface area contributed by atoms with Crippen LogP contribution in [0.1, 0.15) is 31.2 Å². The molecule has 2 rings (SSSR count). The van der Waals surface area contributed by atoms with Crippen LogP contribution in [0.3, 0.4) is 0 Å². The lowest BCUT2D eigenvalue weighted by atomic mass is 10.0. The molecule has 1 heterocycles. The van der Waals surface area contributed by atoms with Crippen LogP contribution in [-0.4, -0.2) is 93.5 Å². The molecule has 16 N–H and O–H groups in total. The molecule has 0 aliphatic heterocycles. The second-order valence-corrected chi connectivity index (χ2v) is 10.4. The van der Waals surface area contributed by atoms with E-state index in [0.29, 0.717) is 16.5 Å². The Kier molecular flexibility index (Phi) is 13.3. The third-order valence-electron chi connectivity index (χ3n) is 6.59. The maximum atomic E-state index is 13.6. The van der Waals surface area contributed by atoms with Crippen molar-refractivity contribution >= 4 is 64.1 Å². The molecule has 0 spiro atoms. The number of primary amides is 4. The maximum Gasteiger partial charge on any atom is 0.326 e. The normalized spacial score (nSPS) is 14.0. The third kappa shape index (κ3) is 11.8. The van der Waals surface area contributed by atoms with Crippen LogP contribution < -0.4 is 49.9 Å². The molecule has 0 aliphatic rings. The smallest absolute Gasteiger partial charge is 0.326 e. The van der Waals surface area contributed by atoms with Gasteiger partial charge in [0.15, 0.2) is 0 Å². The zero-order valence-corrected chi connectivity index (χ0v) is 24.8. The van der Waals surface area contributed by atoms with Crippen molar-refractivity contribution in [2.75, 3.05) is 0 Å². The van der Waals surface area contributed by atoms with Crippen LogP contribution in [0.2, 0.25) is 0 Å². The highest BCUT2D eigenvalue weighted by molar-refractivity contribution is 5.99. The van der Waals surface area contributed by atoms with E-state index >= 15 is 0 Å².